The van der Waals surface area contributed by atoms with Gasteiger partial charge in [-0.2, -0.15) is 0 Å². The molecular weight excluding hydrogens is 246 g/mol. The Morgan fingerprint density at radius 1 is 1.15 bits per heavy atom. The molecule has 106 valence electrons. The van der Waals surface area contributed by atoms with E-state index in [2.05, 4.69) is 61.4 Å². The zero-order valence-corrected chi connectivity index (χ0v) is 12.6. The third kappa shape index (κ3) is 3.80. The molecule has 0 saturated carbocycles. The summed E-state index contributed by atoms with van der Waals surface area (Å²) < 4.78 is 1.87. The molecule has 0 radical (unpaired) electrons. The first kappa shape index (κ1) is 14.5. The zero-order chi connectivity index (χ0) is 14.4. The Kier molecular flexibility index (Phi) is 5.10. The van der Waals surface area contributed by atoms with Crippen molar-refractivity contribution in [2.24, 2.45) is 0 Å². The van der Waals surface area contributed by atoms with E-state index in [4.69, 9.17) is 0 Å². The van der Waals surface area contributed by atoms with E-state index in [1.807, 2.05) is 10.9 Å². The van der Waals surface area contributed by atoms with E-state index in [0.717, 1.165) is 37.1 Å². The highest BCUT2D eigenvalue weighted by atomic mass is 15.4. The largest absolute Gasteiger partial charge is 0.225 e. The van der Waals surface area contributed by atoms with Crippen LogP contribution in [0.25, 0.3) is 5.70 Å². The number of aromatic nitrogens is 3. The molecule has 0 aliphatic heterocycles. The topological polar surface area (TPSA) is 30.7 Å². The molecule has 20 heavy (non-hydrogen) atoms. The Balaban J connectivity index is 2.01. The Hall–Kier alpha value is -1.90. The van der Waals surface area contributed by atoms with E-state index < -0.39 is 0 Å². The highest BCUT2D eigenvalue weighted by Gasteiger charge is 2.01. The molecule has 1 aromatic carbocycles. The van der Waals surface area contributed by atoms with Crippen LogP contribution < -0.4 is 0 Å². The van der Waals surface area contributed by atoms with Gasteiger partial charge in [-0.25, -0.2) is 4.68 Å². The maximum atomic E-state index is 4.18. The van der Waals surface area contributed by atoms with Gasteiger partial charge in [0.1, 0.15) is 0 Å². The van der Waals surface area contributed by atoms with Crippen molar-refractivity contribution in [3.05, 3.63) is 53.4 Å². The van der Waals surface area contributed by atoms with Crippen LogP contribution in [0.4, 0.5) is 0 Å². The summed E-state index contributed by atoms with van der Waals surface area (Å²) >= 11 is 0. The van der Waals surface area contributed by atoms with Gasteiger partial charge >= 0.3 is 0 Å². The Bertz CT molecular complexity index is 564. The normalized spacial score (nSPS) is 11.8. The maximum absolute atomic E-state index is 4.18. The van der Waals surface area contributed by atoms with Crippen molar-refractivity contribution in [2.75, 3.05) is 0 Å². The van der Waals surface area contributed by atoms with Crippen LogP contribution in [0, 0.1) is 0 Å². The van der Waals surface area contributed by atoms with Crippen LogP contribution in [0.1, 0.15) is 44.0 Å². The van der Waals surface area contributed by atoms with Crippen LogP contribution in [0.15, 0.2) is 36.5 Å². The molecule has 1 heterocycles. The molecule has 0 aliphatic rings. The molecule has 2 aromatic rings. The van der Waals surface area contributed by atoms with Crippen molar-refractivity contribution in [1.29, 1.82) is 0 Å². The summed E-state index contributed by atoms with van der Waals surface area (Å²) in [6.07, 6.45) is 8.34. The zero-order valence-electron chi connectivity index (χ0n) is 12.6. The molecular formula is C17H23N3. The second kappa shape index (κ2) is 7.04. The van der Waals surface area contributed by atoms with Crippen molar-refractivity contribution in [3.63, 3.8) is 0 Å². The number of hydrogen-bond donors (Lipinski definition) is 0. The third-order valence-corrected chi connectivity index (χ3v) is 3.47. The van der Waals surface area contributed by atoms with Crippen LogP contribution in [0.5, 0.6) is 0 Å². The average Bonchev–Trinajstić information content (AvgIpc) is 2.94. The summed E-state index contributed by atoms with van der Waals surface area (Å²) in [5.74, 6) is 0. The van der Waals surface area contributed by atoms with Gasteiger partial charge in [-0.05, 0) is 37.3 Å². The highest BCUT2D eigenvalue weighted by molar-refractivity contribution is 5.42. The van der Waals surface area contributed by atoms with Crippen LogP contribution in [-0.2, 0) is 19.3 Å². The molecule has 0 N–H and O–H groups in total. The van der Waals surface area contributed by atoms with Gasteiger partial charge in [0.25, 0.3) is 0 Å². The van der Waals surface area contributed by atoms with Gasteiger partial charge in [-0.15, -0.1) is 5.10 Å². The quantitative estimate of drug-likeness (QED) is 0.796. The Morgan fingerprint density at radius 3 is 2.50 bits per heavy atom. The predicted octanol–water partition coefficient (Wildman–Crippen LogP) is 3.90. The van der Waals surface area contributed by atoms with Gasteiger partial charge in [0.2, 0.25) is 0 Å². The van der Waals surface area contributed by atoms with Crippen molar-refractivity contribution in [1.82, 2.24) is 15.0 Å². The summed E-state index contributed by atoms with van der Waals surface area (Å²) in [7, 11) is 0. The second-order valence-corrected chi connectivity index (χ2v) is 5.12. The molecule has 0 spiro atoms. The average molecular weight is 269 g/mol. The summed E-state index contributed by atoms with van der Waals surface area (Å²) in [5.41, 5.74) is 4.90. The van der Waals surface area contributed by atoms with Gasteiger partial charge in [-0.1, -0.05) is 55.8 Å². The lowest BCUT2D eigenvalue weighted by Crippen LogP contribution is -1.95. The van der Waals surface area contributed by atoms with E-state index in [0.29, 0.717) is 0 Å². The molecule has 3 nitrogen and oxygen atoms in total. The summed E-state index contributed by atoms with van der Waals surface area (Å²) in [6.45, 7) is 6.41. The Morgan fingerprint density at radius 2 is 1.85 bits per heavy atom. The molecule has 0 atom stereocenters. The Labute approximate surface area is 121 Å². The number of hydrogen-bond acceptors (Lipinski definition) is 2. The van der Waals surface area contributed by atoms with Crippen LogP contribution >= 0.6 is 0 Å². The summed E-state index contributed by atoms with van der Waals surface area (Å²) in [6, 6.07) is 8.81. The van der Waals surface area contributed by atoms with Gasteiger partial charge < -0.3 is 0 Å². The number of allylic oxidation sites excluding steroid dienone is 2. The number of nitrogens with zero attached hydrogens (tertiary/aromatic N) is 3. The van der Waals surface area contributed by atoms with E-state index in [-0.39, 0.29) is 0 Å². The highest BCUT2D eigenvalue weighted by Crippen LogP contribution is 2.10. The maximum Gasteiger partial charge on any atom is 0.0831 e. The lowest BCUT2D eigenvalue weighted by atomic mass is 10.1. The van der Waals surface area contributed by atoms with Crippen LogP contribution in [-0.4, -0.2) is 15.0 Å². The second-order valence-electron chi connectivity index (χ2n) is 5.12. The van der Waals surface area contributed by atoms with Gasteiger partial charge in [0.05, 0.1) is 11.9 Å². The fraction of sp³-hybridized carbons (Fsp3) is 0.412. The smallest absolute Gasteiger partial charge is 0.0831 e. The molecule has 1 aromatic heterocycles. The van der Waals surface area contributed by atoms with Crippen molar-refractivity contribution < 1.29 is 0 Å². The monoisotopic (exact) mass is 269 g/mol. The summed E-state index contributed by atoms with van der Waals surface area (Å²) in [5, 5.41) is 8.35. The first-order chi connectivity index (χ1) is 9.72. The third-order valence-electron chi connectivity index (χ3n) is 3.47. The predicted molar refractivity (Wildman–Crippen MR) is 83.5 cm³/mol. The molecule has 3 heteroatoms. The minimum atomic E-state index is 0.929. The van der Waals surface area contributed by atoms with Crippen molar-refractivity contribution in [2.45, 2.75) is 46.5 Å². The number of benzene rings is 1. The van der Waals surface area contributed by atoms with Gasteiger partial charge in [-0.3, -0.25) is 0 Å². The van der Waals surface area contributed by atoms with Crippen molar-refractivity contribution in [3.8, 4) is 0 Å². The van der Waals surface area contributed by atoms with Crippen molar-refractivity contribution >= 4 is 5.70 Å². The SMILES string of the molecule is CCCc1cn(/C(C)=C\Cc2ccc(CC)cc2)nn1. The lowest BCUT2D eigenvalue weighted by Gasteiger charge is -2.02. The number of rotatable bonds is 6. The first-order valence-corrected chi connectivity index (χ1v) is 7.39. The number of aryl methyl sites for hydroxylation is 2. The molecule has 0 bridgehead atoms. The standard InChI is InChI=1S/C17H23N3/c1-4-6-17-13-20(19-18-17)14(3)7-8-16-11-9-15(5-2)10-12-16/h7,9-13H,4-6,8H2,1-3H3/b14-7-. The molecule has 0 aliphatic carbocycles. The minimum Gasteiger partial charge on any atom is -0.225 e. The fourth-order valence-electron chi connectivity index (χ4n) is 2.11. The van der Waals surface area contributed by atoms with E-state index in [9.17, 15) is 0 Å². The van der Waals surface area contributed by atoms with Crippen LogP contribution in [0.3, 0.4) is 0 Å². The lowest BCUT2D eigenvalue weighted by molar-refractivity contribution is 0.798. The first-order valence-electron chi connectivity index (χ1n) is 7.39. The van der Waals surface area contributed by atoms with E-state index in [1.165, 1.54) is 11.1 Å². The molecule has 2 rings (SSSR count). The van der Waals surface area contributed by atoms with Gasteiger partial charge in [0, 0.05) is 5.70 Å². The summed E-state index contributed by atoms with van der Waals surface area (Å²) in [4.78, 5) is 0. The molecule has 0 saturated heterocycles. The van der Waals surface area contributed by atoms with E-state index in [1.54, 1.807) is 0 Å². The molecule has 0 fully saturated rings. The molecule has 0 amide bonds. The van der Waals surface area contributed by atoms with E-state index >= 15 is 0 Å². The van der Waals surface area contributed by atoms with Crippen LogP contribution in [0.2, 0.25) is 0 Å². The fourth-order valence-corrected chi connectivity index (χ4v) is 2.11. The molecule has 0 unspecified atom stereocenters. The van der Waals surface area contributed by atoms with Gasteiger partial charge in [0.15, 0.2) is 0 Å². The minimum absolute atomic E-state index is 0.929.